The van der Waals surface area contributed by atoms with Gasteiger partial charge in [0.2, 0.25) is 6.79 Å². The van der Waals surface area contributed by atoms with Gasteiger partial charge in [-0.15, -0.1) is 0 Å². The first kappa shape index (κ1) is 11.8. The molecule has 0 aliphatic carbocycles. The molecule has 1 aromatic carbocycles. The van der Waals surface area contributed by atoms with Crippen LogP contribution in [0.15, 0.2) is 18.2 Å². The summed E-state index contributed by atoms with van der Waals surface area (Å²) in [5.41, 5.74) is 1.55. The molecule has 0 saturated carbocycles. The zero-order chi connectivity index (χ0) is 12.6. The molecule has 4 nitrogen and oxygen atoms in total. The van der Waals surface area contributed by atoms with Crippen LogP contribution in [-0.2, 0) is 6.42 Å². The monoisotopic (exact) mass is 248 g/mol. The molecule has 0 bridgehead atoms. The maximum absolute atomic E-state index is 5.45. The van der Waals surface area contributed by atoms with Crippen LogP contribution in [0.1, 0.15) is 12.0 Å². The molecule has 2 heterocycles. The average molecular weight is 248 g/mol. The zero-order valence-corrected chi connectivity index (χ0v) is 11.0. The number of benzene rings is 1. The van der Waals surface area contributed by atoms with Gasteiger partial charge < -0.3 is 19.7 Å². The summed E-state index contributed by atoms with van der Waals surface area (Å²) in [5, 5.41) is 3.47. The number of hydrogen-bond acceptors (Lipinski definition) is 4. The van der Waals surface area contributed by atoms with Gasteiger partial charge in [-0.2, -0.15) is 0 Å². The zero-order valence-electron chi connectivity index (χ0n) is 11.0. The van der Waals surface area contributed by atoms with Crippen molar-refractivity contribution in [1.82, 2.24) is 10.2 Å². The third-order valence-electron chi connectivity index (χ3n) is 4.14. The van der Waals surface area contributed by atoms with Crippen LogP contribution in [0.4, 0.5) is 0 Å². The van der Waals surface area contributed by atoms with Crippen molar-refractivity contribution in [1.29, 1.82) is 0 Å². The molecular weight excluding hydrogens is 228 g/mol. The number of rotatable bonds is 3. The molecule has 1 atom stereocenters. The van der Waals surface area contributed by atoms with Crippen LogP contribution in [0.2, 0.25) is 0 Å². The summed E-state index contributed by atoms with van der Waals surface area (Å²) in [4.78, 5) is 2.34. The standard InChI is InChI=1S/C14H20N2O2/c1-16(2)14(5-6-15-9-14)8-11-3-4-12-13(7-11)18-10-17-12/h3-4,7,15H,5-6,8-10H2,1-2H3. The molecule has 2 aliphatic heterocycles. The second-order valence-corrected chi connectivity index (χ2v) is 5.41. The normalized spacial score (nSPS) is 25.9. The molecule has 1 fully saturated rings. The Morgan fingerprint density at radius 3 is 2.83 bits per heavy atom. The van der Waals surface area contributed by atoms with Crippen LogP contribution < -0.4 is 14.8 Å². The highest BCUT2D eigenvalue weighted by Crippen LogP contribution is 2.34. The fraction of sp³-hybridized carbons (Fsp3) is 0.571. The highest BCUT2D eigenvalue weighted by Gasteiger charge is 2.36. The lowest BCUT2D eigenvalue weighted by molar-refractivity contribution is 0.171. The van der Waals surface area contributed by atoms with E-state index in [0.717, 1.165) is 31.0 Å². The Balaban J connectivity index is 1.83. The van der Waals surface area contributed by atoms with Gasteiger partial charge in [0.25, 0.3) is 0 Å². The number of hydrogen-bond donors (Lipinski definition) is 1. The highest BCUT2D eigenvalue weighted by atomic mass is 16.7. The SMILES string of the molecule is CN(C)C1(Cc2ccc3c(c2)OCO3)CCNC1. The van der Waals surface area contributed by atoms with Gasteiger partial charge in [0.1, 0.15) is 0 Å². The Kier molecular flexibility index (Phi) is 2.92. The Hall–Kier alpha value is -1.26. The molecule has 98 valence electrons. The lowest BCUT2D eigenvalue weighted by atomic mass is 9.88. The van der Waals surface area contributed by atoms with Gasteiger partial charge in [0.15, 0.2) is 11.5 Å². The Labute approximate surface area is 108 Å². The summed E-state index contributed by atoms with van der Waals surface area (Å²) >= 11 is 0. The molecule has 18 heavy (non-hydrogen) atoms. The second-order valence-electron chi connectivity index (χ2n) is 5.41. The van der Waals surface area contributed by atoms with Crippen LogP contribution >= 0.6 is 0 Å². The number of likely N-dealkylation sites (N-methyl/N-ethyl adjacent to an activating group) is 1. The molecule has 0 spiro atoms. The average Bonchev–Trinajstić information content (AvgIpc) is 2.97. The number of ether oxygens (including phenoxy) is 2. The van der Waals surface area contributed by atoms with Gasteiger partial charge in [-0.25, -0.2) is 0 Å². The number of fused-ring (bicyclic) bond motifs is 1. The van der Waals surface area contributed by atoms with Crippen molar-refractivity contribution >= 4 is 0 Å². The predicted octanol–water partition coefficient (Wildman–Crippen LogP) is 1.25. The van der Waals surface area contributed by atoms with E-state index in [9.17, 15) is 0 Å². The van der Waals surface area contributed by atoms with Crippen molar-refractivity contribution in [2.45, 2.75) is 18.4 Å². The molecule has 1 saturated heterocycles. The molecule has 0 radical (unpaired) electrons. The summed E-state index contributed by atoms with van der Waals surface area (Å²) in [6.07, 6.45) is 2.23. The maximum Gasteiger partial charge on any atom is 0.231 e. The summed E-state index contributed by atoms with van der Waals surface area (Å²) in [7, 11) is 4.33. The summed E-state index contributed by atoms with van der Waals surface area (Å²) in [6, 6.07) is 6.28. The lowest BCUT2D eigenvalue weighted by Gasteiger charge is -2.35. The van der Waals surface area contributed by atoms with Gasteiger partial charge in [0.05, 0.1) is 0 Å². The van der Waals surface area contributed by atoms with Gasteiger partial charge in [-0.1, -0.05) is 6.07 Å². The van der Waals surface area contributed by atoms with Crippen LogP contribution in [0.25, 0.3) is 0 Å². The number of nitrogens with zero attached hydrogens (tertiary/aromatic N) is 1. The molecular formula is C14H20N2O2. The molecule has 0 amide bonds. The topological polar surface area (TPSA) is 33.7 Å². The van der Waals surface area contributed by atoms with E-state index < -0.39 is 0 Å². The van der Waals surface area contributed by atoms with Crippen molar-refractivity contribution in [2.75, 3.05) is 34.0 Å². The molecule has 4 heteroatoms. The van der Waals surface area contributed by atoms with Crippen molar-refractivity contribution < 1.29 is 9.47 Å². The molecule has 1 aromatic rings. The van der Waals surface area contributed by atoms with E-state index in [-0.39, 0.29) is 5.54 Å². The van der Waals surface area contributed by atoms with Crippen molar-refractivity contribution in [2.24, 2.45) is 0 Å². The predicted molar refractivity (Wildman–Crippen MR) is 70.2 cm³/mol. The van der Waals surface area contributed by atoms with Crippen molar-refractivity contribution in [3.05, 3.63) is 23.8 Å². The fourth-order valence-corrected chi connectivity index (χ4v) is 2.85. The minimum absolute atomic E-state index is 0.230. The van der Waals surface area contributed by atoms with E-state index in [2.05, 4.69) is 36.4 Å². The van der Waals surface area contributed by atoms with E-state index in [0.29, 0.717) is 6.79 Å². The molecule has 1 N–H and O–H groups in total. The highest BCUT2D eigenvalue weighted by molar-refractivity contribution is 5.45. The van der Waals surface area contributed by atoms with E-state index in [4.69, 9.17) is 9.47 Å². The van der Waals surface area contributed by atoms with Crippen LogP contribution in [0.3, 0.4) is 0 Å². The van der Waals surface area contributed by atoms with Crippen LogP contribution in [0, 0.1) is 0 Å². The Morgan fingerprint density at radius 2 is 2.11 bits per heavy atom. The third kappa shape index (κ3) is 1.95. The third-order valence-corrected chi connectivity index (χ3v) is 4.14. The van der Waals surface area contributed by atoms with E-state index in [1.54, 1.807) is 0 Å². The van der Waals surface area contributed by atoms with Crippen LogP contribution in [0.5, 0.6) is 11.5 Å². The molecule has 2 aliphatic rings. The van der Waals surface area contributed by atoms with E-state index in [1.807, 2.05) is 6.07 Å². The van der Waals surface area contributed by atoms with Crippen LogP contribution in [-0.4, -0.2) is 44.4 Å². The molecule has 0 aromatic heterocycles. The minimum Gasteiger partial charge on any atom is -0.454 e. The van der Waals surface area contributed by atoms with Gasteiger partial charge in [-0.05, 0) is 51.2 Å². The van der Waals surface area contributed by atoms with Gasteiger partial charge in [0, 0.05) is 12.1 Å². The number of nitrogens with one attached hydrogen (secondary N) is 1. The van der Waals surface area contributed by atoms with E-state index >= 15 is 0 Å². The largest absolute Gasteiger partial charge is 0.454 e. The second kappa shape index (κ2) is 4.44. The van der Waals surface area contributed by atoms with Crippen molar-refractivity contribution in [3.8, 4) is 11.5 Å². The maximum atomic E-state index is 5.45. The first-order valence-electron chi connectivity index (χ1n) is 6.46. The van der Waals surface area contributed by atoms with Gasteiger partial charge in [-0.3, -0.25) is 0 Å². The first-order chi connectivity index (χ1) is 8.70. The Bertz CT molecular complexity index is 439. The lowest BCUT2D eigenvalue weighted by Crippen LogP contribution is -2.47. The smallest absolute Gasteiger partial charge is 0.231 e. The molecule has 1 unspecified atom stereocenters. The summed E-state index contributed by atoms with van der Waals surface area (Å²) < 4.78 is 10.8. The summed E-state index contributed by atoms with van der Waals surface area (Å²) in [6.45, 7) is 2.50. The molecule has 3 rings (SSSR count). The quantitative estimate of drug-likeness (QED) is 0.873. The van der Waals surface area contributed by atoms with Crippen molar-refractivity contribution in [3.63, 3.8) is 0 Å². The fourth-order valence-electron chi connectivity index (χ4n) is 2.85. The summed E-state index contributed by atoms with van der Waals surface area (Å²) in [5.74, 6) is 1.74. The minimum atomic E-state index is 0.230. The first-order valence-corrected chi connectivity index (χ1v) is 6.46. The Morgan fingerprint density at radius 1 is 1.28 bits per heavy atom. The van der Waals surface area contributed by atoms with Gasteiger partial charge >= 0.3 is 0 Å². The van der Waals surface area contributed by atoms with E-state index in [1.165, 1.54) is 12.0 Å².